The molecule has 0 spiro atoms. The Kier molecular flexibility index (Phi) is 6.75. The summed E-state index contributed by atoms with van der Waals surface area (Å²) in [5, 5.41) is 0.0367. The third kappa shape index (κ3) is 5.57. The molecule has 168 valence electrons. The first kappa shape index (κ1) is 23.6. The highest BCUT2D eigenvalue weighted by molar-refractivity contribution is 7.92. The van der Waals surface area contributed by atoms with Gasteiger partial charge in [0, 0.05) is 31.7 Å². The zero-order valence-electron chi connectivity index (χ0n) is 16.6. The van der Waals surface area contributed by atoms with Gasteiger partial charge in [-0.25, -0.2) is 8.42 Å². The van der Waals surface area contributed by atoms with Crippen LogP contribution < -0.4 is 4.72 Å². The van der Waals surface area contributed by atoms with E-state index in [1.54, 1.807) is 24.5 Å². The fraction of sp³-hybridized carbons (Fsp3) is 0.143. The van der Waals surface area contributed by atoms with Crippen molar-refractivity contribution in [3.63, 3.8) is 0 Å². The van der Waals surface area contributed by atoms with Crippen LogP contribution in [0.2, 0.25) is 5.02 Å². The number of amides is 1. The largest absolute Gasteiger partial charge is 0.416 e. The molecule has 0 saturated carbocycles. The van der Waals surface area contributed by atoms with E-state index in [1.807, 2.05) is 0 Å². The van der Waals surface area contributed by atoms with Gasteiger partial charge in [0.1, 0.15) is 0 Å². The van der Waals surface area contributed by atoms with Gasteiger partial charge in [0.05, 0.1) is 21.0 Å². The average molecular weight is 484 g/mol. The molecule has 0 radical (unpaired) electrons. The Morgan fingerprint density at radius 2 is 1.78 bits per heavy atom. The molecular weight excluding hydrogens is 467 g/mol. The summed E-state index contributed by atoms with van der Waals surface area (Å²) < 4.78 is 66.3. The molecule has 3 aromatic rings. The Balaban J connectivity index is 1.86. The van der Waals surface area contributed by atoms with Crippen LogP contribution >= 0.6 is 11.6 Å². The van der Waals surface area contributed by atoms with Crippen molar-refractivity contribution in [3.8, 4) is 0 Å². The summed E-state index contributed by atoms with van der Waals surface area (Å²) in [7, 11) is -2.76. The number of carbonyl (C=O) groups is 1. The van der Waals surface area contributed by atoms with Crippen molar-refractivity contribution in [3.05, 3.63) is 88.7 Å². The van der Waals surface area contributed by atoms with Crippen molar-refractivity contribution in [2.24, 2.45) is 0 Å². The maximum Gasteiger partial charge on any atom is 0.416 e. The van der Waals surface area contributed by atoms with Crippen molar-refractivity contribution in [2.45, 2.75) is 17.6 Å². The smallest absolute Gasteiger partial charge is 0.337 e. The minimum absolute atomic E-state index is 0.0367. The summed E-state index contributed by atoms with van der Waals surface area (Å²) in [5.74, 6) is -0.525. The quantitative estimate of drug-likeness (QED) is 0.545. The molecular formula is C21H17ClF3N3O3S. The van der Waals surface area contributed by atoms with Gasteiger partial charge >= 0.3 is 6.18 Å². The number of anilines is 1. The Morgan fingerprint density at radius 3 is 2.44 bits per heavy atom. The Bertz CT molecular complexity index is 1240. The molecule has 0 bridgehead atoms. The molecule has 0 aliphatic rings. The highest BCUT2D eigenvalue weighted by Crippen LogP contribution is 2.31. The SMILES string of the molecule is CN(Cc1ccncc1)C(=O)c1cc(S(=O)(=O)Nc2cccc(C(F)(F)F)c2)ccc1Cl. The molecule has 1 N–H and O–H groups in total. The summed E-state index contributed by atoms with van der Waals surface area (Å²) in [6, 6.07) is 10.7. The molecule has 3 rings (SSSR count). The molecule has 0 fully saturated rings. The maximum absolute atomic E-state index is 12.9. The van der Waals surface area contributed by atoms with E-state index in [0.717, 1.165) is 29.8 Å². The summed E-state index contributed by atoms with van der Waals surface area (Å²) in [6.45, 7) is 0.233. The predicted octanol–water partition coefficient (Wildman–Crippen LogP) is 4.83. The van der Waals surface area contributed by atoms with Crippen LogP contribution in [0.5, 0.6) is 0 Å². The molecule has 11 heteroatoms. The van der Waals surface area contributed by atoms with Crippen LogP contribution in [0, 0.1) is 0 Å². The lowest BCUT2D eigenvalue weighted by Crippen LogP contribution is -2.27. The number of nitrogens with zero attached hydrogens (tertiary/aromatic N) is 2. The first-order chi connectivity index (χ1) is 15.0. The number of benzene rings is 2. The average Bonchev–Trinajstić information content (AvgIpc) is 2.73. The number of hydrogen-bond acceptors (Lipinski definition) is 4. The molecule has 1 amide bonds. The van der Waals surface area contributed by atoms with E-state index in [2.05, 4.69) is 9.71 Å². The van der Waals surface area contributed by atoms with Gasteiger partial charge in [0.25, 0.3) is 15.9 Å². The fourth-order valence-electron chi connectivity index (χ4n) is 2.85. The van der Waals surface area contributed by atoms with Gasteiger partial charge in [0.2, 0.25) is 0 Å². The van der Waals surface area contributed by atoms with Gasteiger partial charge in [-0.05, 0) is 54.1 Å². The Hall–Kier alpha value is -3.11. The van der Waals surface area contributed by atoms with E-state index in [0.29, 0.717) is 6.07 Å². The standard InChI is InChI=1S/C21H17ClF3N3O3S/c1-28(13-14-7-9-26-10-8-14)20(29)18-12-17(5-6-19(18)22)32(30,31)27-16-4-2-3-15(11-16)21(23,24)25/h2-12,27H,13H2,1H3. The first-order valence-corrected chi connectivity index (χ1v) is 11.0. The molecule has 2 aromatic carbocycles. The molecule has 0 aliphatic carbocycles. The lowest BCUT2D eigenvalue weighted by atomic mass is 10.2. The minimum atomic E-state index is -4.62. The van der Waals surface area contributed by atoms with E-state index in [1.165, 1.54) is 24.1 Å². The second-order valence-electron chi connectivity index (χ2n) is 6.84. The van der Waals surface area contributed by atoms with Crippen LogP contribution in [-0.4, -0.2) is 31.3 Å². The maximum atomic E-state index is 12.9. The van der Waals surface area contributed by atoms with E-state index in [-0.39, 0.29) is 27.7 Å². The van der Waals surface area contributed by atoms with Crippen LogP contribution in [0.25, 0.3) is 0 Å². The summed E-state index contributed by atoms with van der Waals surface area (Å²) in [4.78, 5) is 17.8. The van der Waals surface area contributed by atoms with Crippen LogP contribution in [0.15, 0.2) is 71.9 Å². The second kappa shape index (κ2) is 9.17. The van der Waals surface area contributed by atoms with Crippen molar-refractivity contribution >= 4 is 33.2 Å². The molecule has 0 atom stereocenters. The number of alkyl halides is 3. The highest BCUT2D eigenvalue weighted by Gasteiger charge is 2.31. The summed E-state index contributed by atoms with van der Waals surface area (Å²) in [6.07, 6.45) is -1.47. The van der Waals surface area contributed by atoms with Gasteiger partial charge < -0.3 is 4.90 Å². The lowest BCUT2D eigenvalue weighted by molar-refractivity contribution is -0.137. The fourth-order valence-corrected chi connectivity index (χ4v) is 4.12. The molecule has 1 aromatic heterocycles. The Morgan fingerprint density at radius 1 is 1.09 bits per heavy atom. The zero-order valence-corrected chi connectivity index (χ0v) is 18.2. The topological polar surface area (TPSA) is 79.4 Å². The number of hydrogen-bond donors (Lipinski definition) is 1. The normalized spacial score (nSPS) is 11.8. The number of pyridine rings is 1. The minimum Gasteiger partial charge on any atom is -0.337 e. The number of rotatable bonds is 6. The van der Waals surface area contributed by atoms with Crippen LogP contribution in [0.1, 0.15) is 21.5 Å². The van der Waals surface area contributed by atoms with E-state index >= 15 is 0 Å². The predicted molar refractivity (Wildman–Crippen MR) is 114 cm³/mol. The first-order valence-electron chi connectivity index (χ1n) is 9.11. The number of nitrogens with one attached hydrogen (secondary N) is 1. The highest BCUT2D eigenvalue weighted by atomic mass is 35.5. The van der Waals surface area contributed by atoms with Crippen molar-refractivity contribution < 1.29 is 26.4 Å². The van der Waals surface area contributed by atoms with Gasteiger partial charge in [-0.3, -0.25) is 14.5 Å². The molecule has 0 unspecified atom stereocenters. The van der Waals surface area contributed by atoms with Crippen LogP contribution in [0.4, 0.5) is 18.9 Å². The molecule has 32 heavy (non-hydrogen) atoms. The number of sulfonamides is 1. The van der Waals surface area contributed by atoms with Gasteiger partial charge in [0.15, 0.2) is 0 Å². The number of carbonyl (C=O) groups excluding carboxylic acids is 1. The van der Waals surface area contributed by atoms with E-state index < -0.39 is 27.7 Å². The molecule has 0 saturated heterocycles. The molecule has 0 aliphatic heterocycles. The van der Waals surface area contributed by atoms with Gasteiger partial charge in [-0.2, -0.15) is 13.2 Å². The van der Waals surface area contributed by atoms with Crippen molar-refractivity contribution in [2.75, 3.05) is 11.8 Å². The zero-order chi connectivity index (χ0) is 23.5. The van der Waals surface area contributed by atoms with E-state index in [9.17, 15) is 26.4 Å². The van der Waals surface area contributed by atoms with Crippen LogP contribution in [0.3, 0.4) is 0 Å². The Labute approximate surface area is 187 Å². The van der Waals surface area contributed by atoms with Crippen molar-refractivity contribution in [1.29, 1.82) is 0 Å². The van der Waals surface area contributed by atoms with Crippen molar-refractivity contribution in [1.82, 2.24) is 9.88 Å². The molecule has 1 heterocycles. The van der Waals surface area contributed by atoms with Gasteiger partial charge in [-0.1, -0.05) is 17.7 Å². The summed E-state index contributed by atoms with van der Waals surface area (Å²) >= 11 is 6.12. The number of aromatic nitrogens is 1. The second-order valence-corrected chi connectivity index (χ2v) is 8.93. The lowest BCUT2D eigenvalue weighted by Gasteiger charge is -2.18. The summed E-state index contributed by atoms with van der Waals surface area (Å²) in [5.41, 5.74) is -0.517. The third-order valence-electron chi connectivity index (χ3n) is 4.44. The molecule has 6 nitrogen and oxygen atoms in total. The van der Waals surface area contributed by atoms with E-state index in [4.69, 9.17) is 11.6 Å². The number of halogens is 4. The van der Waals surface area contributed by atoms with Gasteiger partial charge in [-0.15, -0.1) is 0 Å². The third-order valence-corrected chi connectivity index (χ3v) is 6.15. The monoisotopic (exact) mass is 483 g/mol. The van der Waals surface area contributed by atoms with Crippen LogP contribution in [-0.2, 0) is 22.7 Å².